The normalized spacial score (nSPS) is 25.6. The fourth-order valence-electron chi connectivity index (χ4n) is 1.32. The molecule has 1 fully saturated rings. The van der Waals surface area contributed by atoms with Crippen LogP contribution in [0, 0.1) is 0 Å². The van der Waals surface area contributed by atoms with Crippen LogP contribution in [0.3, 0.4) is 0 Å². The average molecular weight is 262 g/mol. The number of hydrogen-bond acceptors (Lipinski definition) is 3. The minimum atomic E-state index is -0.679. The summed E-state index contributed by atoms with van der Waals surface area (Å²) >= 11 is 5.02. The van der Waals surface area contributed by atoms with Crippen LogP contribution in [0.4, 0.5) is 4.79 Å². The van der Waals surface area contributed by atoms with Crippen LogP contribution in [0.25, 0.3) is 0 Å². The maximum Gasteiger partial charge on any atom is 0.404 e. The highest BCUT2D eigenvalue weighted by atomic mass is 79.9. The first-order valence-electron chi connectivity index (χ1n) is 3.87. The lowest BCUT2D eigenvalue weighted by atomic mass is 10.2. The summed E-state index contributed by atoms with van der Waals surface area (Å²) in [5.41, 5.74) is 6.14. The van der Waals surface area contributed by atoms with Crippen molar-refractivity contribution in [2.24, 2.45) is 5.73 Å². The van der Waals surface area contributed by atoms with E-state index < -0.39 is 6.09 Å². The lowest BCUT2D eigenvalue weighted by molar-refractivity contribution is 0.147. The second-order valence-corrected chi connectivity index (χ2v) is 5.29. The van der Waals surface area contributed by atoms with Crippen molar-refractivity contribution in [3.63, 3.8) is 0 Å². The molecule has 0 saturated heterocycles. The Balaban J connectivity index is 1.96. The predicted octanol–water partition coefficient (Wildman–Crippen LogP) is 2.46. The summed E-state index contributed by atoms with van der Waals surface area (Å²) in [6.45, 7) is 0. The Hall–Kier alpha value is -0.550. The van der Waals surface area contributed by atoms with Gasteiger partial charge in [0.15, 0.2) is 0 Å². The highest BCUT2D eigenvalue weighted by molar-refractivity contribution is 9.11. The van der Waals surface area contributed by atoms with E-state index in [9.17, 15) is 4.79 Å². The fraction of sp³-hybridized carbons (Fsp3) is 0.375. The third-order valence-electron chi connectivity index (χ3n) is 2.02. The Morgan fingerprint density at radius 3 is 3.08 bits per heavy atom. The molecule has 1 heterocycles. The molecule has 1 aliphatic carbocycles. The van der Waals surface area contributed by atoms with Crippen molar-refractivity contribution in [3.8, 4) is 0 Å². The lowest BCUT2D eigenvalue weighted by Gasteiger charge is -1.97. The smallest absolute Gasteiger partial charge is 0.404 e. The second kappa shape index (κ2) is 3.31. The molecule has 2 atom stereocenters. The van der Waals surface area contributed by atoms with E-state index in [0.29, 0.717) is 5.92 Å². The van der Waals surface area contributed by atoms with Gasteiger partial charge in [-0.2, -0.15) is 0 Å². The van der Waals surface area contributed by atoms with Gasteiger partial charge in [0.05, 0.1) is 3.79 Å². The molecule has 0 spiro atoms. The average Bonchev–Trinajstić information content (AvgIpc) is 2.63. The van der Waals surface area contributed by atoms with Crippen molar-refractivity contribution < 1.29 is 9.53 Å². The van der Waals surface area contributed by atoms with Crippen LogP contribution in [0.2, 0.25) is 0 Å². The summed E-state index contributed by atoms with van der Waals surface area (Å²) in [4.78, 5) is 10.4. The number of primary amides is 1. The van der Waals surface area contributed by atoms with E-state index in [1.807, 2.05) is 0 Å². The molecule has 0 bridgehead atoms. The number of rotatable bonds is 2. The van der Waals surface area contributed by atoms with Crippen LogP contribution in [0.15, 0.2) is 15.2 Å². The number of halogens is 1. The molecule has 2 N–H and O–H groups in total. The van der Waals surface area contributed by atoms with E-state index in [1.165, 1.54) is 5.56 Å². The summed E-state index contributed by atoms with van der Waals surface area (Å²) in [7, 11) is 0. The summed E-state index contributed by atoms with van der Waals surface area (Å²) in [5, 5.41) is 2.07. The van der Waals surface area contributed by atoms with Gasteiger partial charge in [0, 0.05) is 5.92 Å². The zero-order valence-corrected chi connectivity index (χ0v) is 9.10. The van der Waals surface area contributed by atoms with Gasteiger partial charge in [0.2, 0.25) is 0 Å². The minimum absolute atomic E-state index is 0.000926. The van der Waals surface area contributed by atoms with Gasteiger partial charge in [-0.3, -0.25) is 0 Å². The number of ether oxygens (including phenoxy) is 1. The van der Waals surface area contributed by atoms with Crippen molar-refractivity contribution in [2.75, 3.05) is 0 Å². The van der Waals surface area contributed by atoms with Crippen LogP contribution in [0.1, 0.15) is 17.9 Å². The molecule has 13 heavy (non-hydrogen) atoms. The monoisotopic (exact) mass is 261 g/mol. The van der Waals surface area contributed by atoms with Gasteiger partial charge < -0.3 is 10.5 Å². The molecule has 1 aliphatic rings. The van der Waals surface area contributed by atoms with Crippen LogP contribution < -0.4 is 5.73 Å². The molecule has 70 valence electrons. The Bertz CT molecular complexity index is 339. The van der Waals surface area contributed by atoms with Crippen molar-refractivity contribution in [1.82, 2.24) is 0 Å². The van der Waals surface area contributed by atoms with E-state index in [-0.39, 0.29) is 6.10 Å². The minimum Gasteiger partial charge on any atom is -0.446 e. The number of carbonyl (C=O) groups excluding carboxylic acids is 1. The number of amides is 1. The van der Waals surface area contributed by atoms with E-state index in [2.05, 4.69) is 27.4 Å². The number of hydrogen-bond donors (Lipinski definition) is 1. The van der Waals surface area contributed by atoms with E-state index in [1.54, 1.807) is 11.3 Å². The zero-order valence-electron chi connectivity index (χ0n) is 6.70. The van der Waals surface area contributed by atoms with Gasteiger partial charge in [-0.15, -0.1) is 11.3 Å². The van der Waals surface area contributed by atoms with Gasteiger partial charge in [-0.05, 0) is 39.4 Å². The predicted molar refractivity (Wildman–Crippen MR) is 53.8 cm³/mol. The Kier molecular flexibility index (Phi) is 2.29. The molecule has 0 aromatic carbocycles. The zero-order chi connectivity index (χ0) is 9.42. The molecule has 0 radical (unpaired) electrons. The highest BCUT2D eigenvalue weighted by Gasteiger charge is 2.42. The van der Waals surface area contributed by atoms with Crippen LogP contribution in [0.5, 0.6) is 0 Å². The molecular weight excluding hydrogens is 254 g/mol. The third kappa shape index (κ3) is 2.03. The lowest BCUT2D eigenvalue weighted by Crippen LogP contribution is -2.14. The molecule has 5 heteroatoms. The quantitative estimate of drug-likeness (QED) is 0.890. The first kappa shape index (κ1) is 9.02. The van der Waals surface area contributed by atoms with Crippen molar-refractivity contribution in [1.29, 1.82) is 0 Å². The molecule has 0 aliphatic heterocycles. The topological polar surface area (TPSA) is 52.3 Å². The molecule has 3 nitrogen and oxygen atoms in total. The fourth-order valence-corrected chi connectivity index (χ4v) is 2.56. The van der Waals surface area contributed by atoms with Gasteiger partial charge >= 0.3 is 6.09 Å². The van der Waals surface area contributed by atoms with E-state index >= 15 is 0 Å². The Morgan fingerprint density at radius 1 is 1.77 bits per heavy atom. The van der Waals surface area contributed by atoms with Crippen molar-refractivity contribution in [3.05, 3.63) is 20.8 Å². The van der Waals surface area contributed by atoms with Crippen LogP contribution >= 0.6 is 27.3 Å². The van der Waals surface area contributed by atoms with E-state index in [0.717, 1.165) is 10.2 Å². The standard InChI is InChI=1S/C8H8BrNO2S/c9-7-1-4(3-13-7)5-2-6(5)12-8(10)11/h1,3,5-6H,2H2,(H2,10,11). The summed E-state index contributed by atoms with van der Waals surface area (Å²) in [6.07, 6.45) is 0.215. The summed E-state index contributed by atoms with van der Waals surface area (Å²) in [6, 6.07) is 2.06. The van der Waals surface area contributed by atoms with Gasteiger partial charge in [-0.25, -0.2) is 4.79 Å². The first-order valence-corrected chi connectivity index (χ1v) is 5.54. The molecule has 1 aromatic heterocycles. The number of carbonyl (C=O) groups is 1. The molecular formula is C8H8BrNO2S. The maximum absolute atomic E-state index is 10.4. The molecule has 1 aromatic rings. The Morgan fingerprint density at radius 2 is 2.54 bits per heavy atom. The van der Waals surface area contributed by atoms with Gasteiger partial charge in [0.1, 0.15) is 6.10 Å². The van der Waals surface area contributed by atoms with Gasteiger partial charge in [0.25, 0.3) is 0 Å². The van der Waals surface area contributed by atoms with E-state index in [4.69, 9.17) is 10.5 Å². The van der Waals surface area contributed by atoms with Crippen molar-refractivity contribution >= 4 is 33.4 Å². The summed E-state index contributed by atoms with van der Waals surface area (Å²) < 4.78 is 5.97. The maximum atomic E-state index is 10.4. The molecule has 2 unspecified atom stereocenters. The Labute approximate surface area is 88.0 Å². The molecule has 1 saturated carbocycles. The van der Waals surface area contributed by atoms with Crippen molar-refractivity contribution in [2.45, 2.75) is 18.4 Å². The summed E-state index contributed by atoms with van der Waals surface area (Å²) in [5.74, 6) is 0.357. The second-order valence-electron chi connectivity index (χ2n) is 3.00. The largest absolute Gasteiger partial charge is 0.446 e. The van der Waals surface area contributed by atoms with Crippen LogP contribution in [-0.4, -0.2) is 12.2 Å². The highest BCUT2D eigenvalue weighted by Crippen LogP contribution is 2.45. The molecule has 1 amide bonds. The number of nitrogens with two attached hydrogens (primary N) is 1. The van der Waals surface area contributed by atoms with Gasteiger partial charge in [-0.1, -0.05) is 0 Å². The van der Waals surface area contributed by atoms with Crippen LogP contribution in [-0.2, 0) is 4.74 Å². The number of thiophene rings is 1. The first-order chi connectivity index (χ1) is 6.16. The third-order valence-corrected chi connectivity index (χ3v) is 3.54. The SMILES string of the molecule is NC(=O)OC1CC1c1csc(Br)c1. The molecule has 2 rings (SSSR count).